The summed E-state index contributed by atoms with van der Waals surface area (Å²) in [6.07, 6.45) is 1.04. The highest BCUT2D eigenvalue weighted by molar-refractivity contribution is 6.15. The van der Waals surface area contributed by atoms with Crippen molar-refractivity contribution in [1.82, 2.24) is 14.5 Å². The average molecular weight is 658 g/mol. The number of rotatable bonds is 4. The van der Waals surface area contributed by atoms with Gasteiger partial charge in [0.25, 0.3) is 0 Å². The second kappa shape index (κ2) is 10.6. The summed E-state index contributed by atoms with van der Waals surface area (Å²) >= 11 is 0. The van der Waals surface area contributed by atoms with Crippen molar-refractivity contribution in [1.29, 1.82) is 0 Å². The minimum absolute atomic E-state index is 0.00533. The van der Waals surface area contributed by atoms with E-state index in [0.29, 0.717) is 5.95 Å². The van der Waals surface area contributed by atoms with Crippen LogP contribution in [-0.2, 0) is 10.8 Å². The van der Waals surface area contributed by atoms with Crippen molar-refractivity contribution in [2.45, 2.75) is 51.9 Å². The Morgan fingerprint density at radius 2 is 1.25 bits per heavy atom. The van der Waals surface area contributed by atoms with E-state index in [1.165, 1.54) is 60.1 Å². The van der Waals surface area contributed by atoms with Crippen LogP contribution >= 0.6 is 0 Å². The van der Waals surface area contributed by atoms with Crippen molar-refractivity contribution < 1.29 is 0 Å². The third kappa shape index (κ3) is 4.24. The van der Waals surface area contributed by atoms with Gasteiger partial charge >= 0.3 is 0 Å². The Morgan fingerprint density at radius 1 is 0.588 bits per heavy atom. The lowest BCUT2D eigenvalue weighted by atomic mass is 9.80. The Balaban J connectivity index is 1.32. The molecule has 51 heavy (non-hydrogen) atoms. The highest BCUT2D eigenvalue weighted by Gasteiger charge is 2.38. The number of benzene rings is 7. The van der Waals surface area contributed by atoms with Crippen molar-refractivity contribution in [2.24, 2.45) is 0 Å². The van der Waals surface area contributed by atoms with E-state index in [1.54, 1.807) is 0 Å². The Labute approximate surface area is 298 Å². The van der Waals surface area contributed by atoms with E-state index in [1.807, 2.05) is 0 Å². The maximum atomic E-state index is 5.62. The summed E-state index contributed by atoms with van der Waals surface area (Å²) in [5, 5.41) is 8.55. The van der Waals surface area contributed by atoms with Crippen LogP contribution in [0, 0.1) is 0 Å². The van der Waals surface area contributed by atoms with Crippen LogP contribution in [0.15, 0.2) is 133 Å². The quantitative estimate of drug-likeness (QED) is 0.189. The van der Waals surface area contributed by atoms with Gasteiger partial charge in [0.1, 0.15) is 0 Å². The van der Waals surface area contributed by atoms with Crippen LogP contribution in [0.1, 0.15) is 57.7 Å². The molecular formula is C48H39N3. The van der Waals surface area contributed by atoms with E-state index < -0.39 is 0 Å². The highest BCUT2D eigenvalue weighted by Crippen LogP contribution is 2.53. The van der Waals surface area contributed by atoms with Gasteiger partial charge in [-0.15, -0.1) is 0 Å². The summed E-state index contributed by atoms with van der Waals surface area (Å²) in [7, 11) is 0. The van der Waals surface area contributed by atoms with Crippen LogP contribution in [0.3, 0.4) is 0 Å². The van der Waals surface area contributed by atoms with Crippen molar-refractivity contribution >= 4 is 54.3 Å². The summed E-state index contributed by atoms with van der Waals surface area (Å²) in [6.45, 7) is 11.7. The molecule has 0 spiro atoms. The molecule has 9 aromatic rings. The van der Waals surface area contributed by atoms with Crippen molar-refractivity contribution in [3.05, 3.63) is 150 Å². The van der Waals surface area contributed by atoms with E-state index in [2.05, 4.69) is 173 Å². The molecule has 0 amide bonds. The normalized spacial score (nSPS) is 13.8. The third-order valence-corrected chi connectivity index (χ3v) is 11.9. The first kappa shape index (κ1) is 30.1. The van der Waals surface area contributed by atoms with E-state index in [0.717, 1.165) is 39.6 Å². The lowest BCUT2D eigenvalue weighted by Gasteiger charge is -2.24. The monoisotopic (exact) mass is 657 g/mol. The molecule has 1 aliphatic rings. The number of nitrogens with zero attached hydrogens (tertiary/aromatic N) is 3. The minimum Gasteiger partial charge on any atom is -0.278 e. The van der Waals surface area contributed by atoms with Crippen molar-refractivity contribution in [2.75, 3.05) is 0 Å². The molecule has 1 aliphatic carbocycles. The van der Waals surface area contributed by atoms with E-state index >= 15 is 0 Å². The zero-order valence-electron chi connectivity index (χ0n) is 29.8. The van der Waals surface area contributed by atoms with Crippen molar-refractivity contribution in [3.63, 3.8) is 0 Å². The molecule has 0 bridgehead atoms. The summed E-state index contributed by atoms with van der Waals surface area (Å²) < 4.78 is 2.32. The molecule has 2 aromatic heterocycles. The van der Waals surface area contributed by atoms with Crippen LogP contribution in [0.5, 0.6) is 0 Å². The van der Waals surface area contributed by atoms with Gasteiger partial charge in [-0.05, 0) is 97.6 Å². The molecule has 0 saturated heterocycles. The zero-order chi connectivity index (χ0) is 34.6. The van der Waals surface area contributed by atoms with Crippen LogP contribution in [-0.4, -0.2) is 14.5 Å². The topological polar surface area (TPSA) is 30.7 Å². The lowest BCUT2D eigenvalue weighted by Crippen LogP contribution is -2.15. The number of fused-ring (bicyclic) bond motifs is 9. The Kier molecular flexibility index (Phi) is 6.25. The molecule has 10 rings (SSSR count). The predicted octanol–water partition coefficient (Wildman–Crippen LogP) is 12.7. The molecule has 0 saturated carbocycles. The smallest absolute Gasteiger partial charge is 0.235 e. The van der Waals surface area contributed by atoms with Crippen LogP contribution in [0.4, 0.5) is 0 Å². The fourth-order valence-corrected chi connectivity index (χ4v) is 8.76. The van der Waals surface area contributed by atoms with E-state index in [-0.39, 0.29) is 10.8 Å². The largest absolute Gasteiger partial charge is 0.278 e. The molecule has 246 valence electrons. The minimum atomic E-state index is -0.146. The van der Waals surface area contributed by atoms with Crippen LogP contribution in [0.25, 0.3) is 82.6 Å². The molecule has 0 fully saturated rings. The maximum Gasteiger partial charge on any atom is 0.235 e. The molecule has 0 aliphatic heterocycles. The van der Waals surface area contributed by atoms with Gasteiger partial charge in [0, 0.05) is 27.1 Å². The van der Waals surface area contributed by atoms with Crippen LogP contribution in [0.2, 0.25) is 0 Å². The van der Waals surface area contributed by atoms with Gasteiger partial charge < -0.3 is 0 Å². The average Bonchev–Trinajstić information content (AvgIpc) is 3.60. The fourth-order valence-electron chi connectivity index (χ4n) is 8.76. The molecule has 3 heteroatoms. The standard InChI is InChI=1S/C48H39N3/c1-6-47(2,3)37-21-14-24-41-44(37)36-26-30-16-8-10-18-32(30)28-42(36)51(41)46-49-40-23-12-11-19-33(40)45(50-46)34-20-13-22-38-43(34)35-25-29-15-7-9-17-31(29)27-39(35)48(38,4)5/h7-28H,6H2,1-5H3. The van der Waals surface area contributed by atoms with Gasteiger partial charge in [-0.3, -0.25) is 4.57 Å². The fraction of sp³-hybridized carbons (Fsp3) is 0.167. The molecular weight excluding hydrogens is 619 g/mol. The van der Waals surface area contributed by atoms with Crippen LogP contribution < -0.4 is 0 Å². The predicted molar refractivity (Wildman–Crippen MR) is 215 cm³/mol. The highest BCUT2D eigenvalue weighted by atomic mass is 15.2. The maximum absolute atomic E-state index is 5.62. The summed E-state index contributed by atoms with van der Waals surface area (Å²) in [5.41, 5.74) is 11.8. The summed E-state index contributed by atoms with van der Waals surface area (Å²) in [6, 6.07) is 48.9. The van der Waals surface area contributed by atoms with Gasteiger partial charge in [0.2, 0.25) is 5.95 Å². The van der Waals surface area contributed by atoms with Gasteiger partial charge in [0.05, 0.1) is 22.2 Å². The molecule has 0 N–H and O–H groups in total. The van der Waals surface area contributed by atoms with Gasteiger partial charge in [-0.2, -0.15) is 0 Å². The molecule has 0 atom stereocenters. The van der Waals surface area contributed by atoms with E-state index in [4.69, 9.17) is 9.97 Å². The number of aromatic nitrogens is 3. The summed E-state index contributed by atoms with van der Waals surface area (Å²) in [5.74, 6) is 0.694. The third-order valence-electron chi connectivity index (χ3n) is 11.9. The lowest BCUT2D eigenvalue weighted by molar-refractivity contribution is 0.511. The van der Waals surface area contributed by atoms with Gasteiger partial charge in [-0.1, -0.05) is 132 Å². The molecule has 3 nitrogen and oxygen atoms in total. The Bertz CT molecular complexity index is 2910. The summed E-state index contributed by atoms with van der Waals surface area (Å²) in [4.78, 5) is 11.0. The Hall–Kier alpha value is -5.80. The SMILES string of the molecule is CCC(C)(C)c1cccc2c1c1cc3ccccc3cc1n2-c1nc(-c2cccc3c2-c2cc4ccccc4cc2C3(C)C)c2ccccc2n1. The van der Waals surface area contributed by atoms with Crippen molar-refractivity contribution in [3.8, 4) is 28.3 Å². The first-order valence-electron chi connectivity index (χ1n) is 18.2. The zero-order valence-corrected chi connectivity index (χ0v) is 29.8. The Morgan fingerprint density at radius 3 is 2.02 bits per heavy atom. The number of para-hydroxylation sites is 1. The molecule has 2 heterocycles. The molecule has 7 aromatic carbocycles. The van der Waals surface area contributed by atoms with Gasteiger partial charge in [0.15, 0.2) is 0 Å². The number of hydrogen-bond acceptors (Lipinski definition) is 2. The second-order valence-electron chi connectivity index (χ2n) is 15.5. The molecule has 0 unspecified atom stereocenters. The molecule has 0 radical (unpaired) electrons. The first-order chi connectivity index (χ1) is 24.7. The number of hydrogen-bond donors (Lipinski definition) is 0. The second-order valence-corrected chi connectivity index (χ2v) is 15.5. The van der Waals surface area contributed by atoms with E-state index in [9.17, 15) is 0 Å². The van der Waals surface area contributed by atoms with Gasteiger partial charge in [-0.25, -0.2) is 9.97 Å². The first-order valence-corrected chi connectivity index (χ1v) is 18.2.